The molecule has 3 N–H and O–H groups in total. The molecule has 1 aromatic rings. The standard InChI is InChI=1S/C6H6N4OS/c7-10-6(11)3-1-4-5(9-3)8-2-12-4/h1,7-9H,2H2. The van der Waals surface area contributed by atoms with Crippen LogP contribution < -0.4 is 5.32 Å². The minimum absolute atomic E-state index is 0.370. The molecule has 0 radical (unpaired) electrons. The molecule has 5 nitrogen and oxygen atoms in total. The van der Waals surface area contributed by atoms with Crippen LogP contribution in [0.4, 0.5) is 5.82 Å². The summed E-state index contributed by atoms with van der Waals surface area (Å²) in [5.41, 5.74) is 6.90. The van der Waals surface area contributed by atoms with Gasteiger partial charge in [-0.15, -0.1) is 16.9 Å². The van der Waals surface area contributed by atoms with Gasteiger partial charge in [-0.2, -0.15) is 0 Å². The number of aromatic amines is 1. The van der Waals surface area contributed by atoms with E-state index >= 15 is 0 Å². The SMILES string of the molecule is N=NC(=O)c1cc2c([nH]1)NCS2. The first-order valence-corrected chi connectivity index (χ1v) is 4.31. The number of aromatic nitrogens is 1. The molecule has 62 valence electrons. The second-order valence-electron chi connectivity index (χ2n) is 2.30. The summed E-state index contributed by atoms with van der Waals surface area (Å²) in [6.07, 6.45) is 0. The van der Waals surface area contributed by atoms with E-state index in [1.807, 2.05) is 0 Å². The molecule has 1 amide bonds. The first-order chi connectivity index (χ1) is 5.81. The Hall–Kier alpha value is -1.30. The monoisotopic (exact) mass is 182 g/mol. The molecule has 1 aliphatic rings. The molecule has 0 saturated carbocycles. The van der Waals surface area contributed by atoms with Gasteiger partial charge in [0.1, 0.15) is 11.5 Å². The molecule has 0 aliphatic carbocycles. The van der Waals surface area contributed by atoms with E-state index in [0.29, 0.717) is 5.69 Å². The Morgan fingerprint density at radius 2 is 2.58 bits per heavy atom. The van der Waals surface area contributed by atoms with Crippen molar-refractivity contribution < 1.29 is 4.79 Å². The fourth-order valence-corrected chi connectivity index (χ4v) is 1.88. The average molecular weight is 182 g/mol. The highest BCUT2D eigenvalue weighted by atomic mass is 32.2. The van der Waals surface area contributed by atoms with E-state index in [1.54, 1.807) is 17.8 Å². The van der Waals surface area contributed by atoms with Gasteiger partial charge in [0.05, 0.1) is 10.8 Å². The van der Waals surface area contributed by atoms with Crippen molar-refractivity contribution in [1.82, 2.24) is 4.98 Å². The van der Waals surface area contributed by atoms with Crippen molar-refractivity contribution in [2.24, 2.45) is 5.11 Å². The van der Waals surface area contributed by atoms with Crippen LogP contribution in [0.15, 0.2) is 16.1 Å². The van der Waals surface area contributed by atoms with Crippen LogP contribution in [-0.4, -0.2) is 16.8 Å². The Bertz CT molecular complexity index is 324. The van der Waals surface area contributed by atoms with Crippen LogP contribution in [0.3, 0.4) is 0 Å². The number of amides is 1. The number of anilines is 1. The van der Waals surface area contributed by atoms with Crippen LogP contribution in [0.2, 0.25) is 0 Å². The summed E-state index contributed by atoms with van der Waals surface area (Å²) in [5.74, 6) is 1.15. The number of thioether (sulfide) groups is 1. The Morgan fingerprint density at radius 3 is 3.25 bits per heavy atom. The highest BCUT2D eigenvalue weighted by Crippen LogP contribution is 2.33. The van der Waals surface area contributed by atoms with Crippen molar-refractivity contribution in [2.75, 3.05) is 11.2 Å². The predicted molar refractivity (Wildman–Crippen MR) is 44.6 cm³/mol. The van der Waals surface area contributed by atoms with E-state index in [-0.39, 0.29) is 0 Å². The van der Waals surface area contributed by atoms with Gasteiger partial charge in [-0.25, -0.2) is 5.53 Å². The molecular weight excluding hydrogens is 176 g/mol. The molecular formula is C6H6N4OS. The zero-order valence-electron chi connectivity index (χ0n) is 6.05. The van der Waals surface area contributed by atoms with Gasteiger partial charge in [-0.05, 0) is 6.07 Å². The van der Waals surface area contributed by atoms with Gasteiger partial charge >= 0.3 is 5.91 Å². The van der Waals surface area contributed by atoms with Gasteiger partial charge in [0.25, 0.3) is 0 Å². The van der Waals surface area contributed by atoms with Gasteiger partial charge in [0, 0.05) is 0 Å². The Kier molecular flexibility index (Phi) is 1.61. The lowest BCUT2D eigenvalue weighted by Crippen LogP contribution is -1.96. The molecule has 0 aromatic carbocycles. The number of H-pyrrole nitrogens is 1. The summed E-state index contributed by atoms with van der Waals surface area (Å²) in [4.78, 5) is 14.8. The molecule has 2 heterocycles. The summed E-state index contributed by atoms with van der Waals surface area (Å²) >= 11 is 1.62. The fraction of sp³-hybridized carbons (Fsp3) is 0.167. The zero-order chi connectivity index (χ0) is 8.55. The lowest BCUT2D eigenvalue weighted by atomic mass is 10.4. The van der Waals surface area contributed by atoms with Crippen molar-refractivity contribution in [3.8, 4) is 0 Å². The number of carbonyl (C=O) groups is 1. The summed E-state index contributed by atoms with van der Waals surface area (Å²) in [6, 6.07) is 1.71. The zero-order valence-corrected chi connectivity index (χ0v) is 6.86. The van der Waals surface area contributed by atoms with Gasteiger partial charge in [-0.1, -0.05) is 0 Å². The third-order valence-corrected chi connectivity index (χ3v) is 2.51. The van der Waals surface area contributed by atoms with Crippen LogP contribution in [0.25, 0.3) is 0 Å². The Morgan fingerprint density at radius 1 is 1.75 bits per heavy atom. The first kappa shape index (κ1) is 7.35. The molecule has 0 fully saturated rings. The quantitative estimate of drug-likeness (QED) is 0.578. The second-order valence-corrected chi connectivity index (χ2v) is 3.32. The largest absolute Gasteiger partial charge is 0.361 e. The third kappa shape index (κ3) is 1.00. The topological polar surface area (TPSA) is 81.1 Å². The second kappa shape index (κ2) is 2.63. The molecule has 1 aromatic heterocycles. The number of carbonyl (C=O) groups excluding carboxylic acids is 1. The van der Waals surface area contributed by atoms with Crippen molar-refractivity contribution >= 4 is 23.5 Å². The highest BCUT2D eigenvalue weighted by molar-refractivity contribution is 7.99. The van der Waals surface area contributed by atoms with E-state index in [1.165, 1.54) is 0 Å². The van der Waals surface area contributed by atoms with E-state index < -0.39 is 5.91 Å². The molecule has 0 spiro atoms. The van der Waals surface area contributed by atoms with Crippen molar-refractivity contribution in [2.45, 2.75) is 4.90 Å². The van der Waals surface area contributed by atoms with E-state index in [9.17, 15) is 4.79 Å². The van der Waals surface area contributed by atoms with Gasteiger partial charge in [-0.3, -0.25) is 4.79 Å². The van der Waals surface area contributed by atoms with E-state index in [2.05, 4.69) is 15.4 Å². The molecule has 0 unspecified atom stereocenters. The summed E-state index contributed by atoms with van der Waals surface area (Å²) in [7, 11) is 0. The number of rotatable bonds is 1. The summed E-state index contributed by atoms with van der Waals surface area (Å²) < 4.78 is 0. The highest BCUT2D eigenvalue weighted by Gasteiger charge is 2.17. The van der Waals surface area contributed by atoms with Crippen molar-refractivity contribution in [3.63, 3.8) is 0 Å². The number of hydrogen-bond acceptors (Lipinski definition) is 4. The first-order valence-electron chi connectivity index (χ1n) is 3.33. The lowest BCUT2D eigenvalue weighted by molar-refractivity contribution is 0.0987. The normalized spacial score (nSPS) is 13.7. The summed E-state index contributed by atoms with van der Waals surface area (Å²) in [5, 5.41) is 5.87. The molecule has 0 saturated heterocycles. The summed E-state index contributed by atoms with van der Waals surface area (Å²) in [6.45, 7) is 0. The number of hydrogen-bond donors (Lipinski definition) is 3. The third-order valence-electron chi connectivity index (χ3n) is 1.59. The van der Waals surface area contributed by atoms with Crippen LogP contribution in [0, 0.1) is 5.53 Å². The molecule has 2 rings (SSSR count). The van der Waals surface area contributed by atoms with Crippen LogP contribution in [-0.2, 0) is 0 Å². The maximum atomic E-state index is 10.9. The maximum absolute atomic E-state index is 10.9. The van der Waals surface area contributed by atoms with Crippen LogP contribution in [0.5, 0.6) is 0 Å². The van der Waals surface area contributed by atoms with E-state index in [4.69, 9.17) is 5.53 Å². The number of nitrogens with zero attached hydrogens (tertiary/aromatic N) is 1. The minimum Gasteiger partial charge on any atom is -0.361 e. The fourth-order valence-electron chi connectivity index (χ4n) is 1.04. The smallest absolute Gasteiger partial charge is 0.311 e. The lowest BCUT2D eigenvalue weighted by Gasteiger charge is -1.91. The Labute approximate surface area is 72.4 Å². The maximum Gasteiger partial charge on any atom is 0.311 e. The average Bonchev–Trinajstić information content (AvgIpc) is 2.60. The molecule has 12 heavy (non-hydrogen) atoms. The van der Waals surface area contributed by atoms with Crippen molar-refractivity contribution in [1.29, 1.82) is 5.53 Å². The predicted octanol–water partition coefficient (Wildman–Crippen LogP) is 1.66. The van der Waals surface area contributed by atoms with Crippen molar-refractivity contribution in [3.05, 3.63) is 11.8 Å². The minimum atomic E-state index is -0.535. The van der Waals surface area contributed by atoms with Crippen LogP contribution >= 0.6 is 11.8 Å². The van der Waals surface area contributed by atoms with Gasteiger partial charge in [0.15, 0.2) is 0 Å². The van der Waals surface area contributed by atoms with Gasteiger partial charge < -0.3 is 10.3 Å². The molecule has 0 bridgehead atoms. The molecule has 0 atom stereocenters. The Balaban J connectivity index is 2.37. The molecule has 1 aliphatic heterocycles. The number of nitrogens with one attached hydrogen (secondary N) is 3. The molecule has 6 heteroatoms. The van der Waals surface area contributed by atoms with Gasteiger partial charge in [0.2, 0.25) is 0 Å². The van der Waals surface area contributed by atoms with Crippen LogP contribution in [0.1, 0.15) is 10.5 Å². The van der Waals surface area contributed by atoms with E-state index in [0.717, 1.165) is 16.6 Å². The number of fused-ring (bicyclic) bond motifs is 1.